The molecule has 0 atom stereocenters. The molecule has 0 aliphatic rings. The molecule has 0 aliphatic carbocycles. The van der Waals surface area contributed by atoms with E-state index in [1.54, 1.807) is 18.2 Å². The SMILES string of the molecule is CC(C)(C)c1cc(C=O)ccc1C#N. The molecule has 14 heavy (non-hydrogen) atoms. The Morgan fingerprint density at radius 3 is 2.43 bits per heavy atom. The van der Waals surface area contributed by atoms with Crippen LogP contribution in [0.2, 0.25) is 0 Å². The second-order valence-corrected chi connectivity index (χ2v) is 4.28. The number of hydrogen-bond acceptors (Lipinski definition) is 2. The Morgan fingerprint density at radius 1 is 1.36 bits per heavy atom. The van der Waals surface area contributed by atoms with Crippen LogP contribution in [-0.4, -0.2) is 6.29 Å². The third kappa shape index (κ3) is 2.00. The highest BCUT2D eigenvalue weighted by molar-refractivity contribution is 5.75. The first-order valence-electron chi connectivity index (χ1n) is 4.49. The van der Waals surface area contributed by atoms with Crippen LogP contribution in [0.4, 0.5) is 0 Å². The van der Waals surface area contributed by atoms with Gasteiger partial charge in [-0.15, -0.1) is 0 Å². The van der Waals surface area contributed by atoms with Gasteiger partial charge in [-0.3, -0.25) is 4.79 Å². The zero-order valence-corrected chi connectivity index (χ0v) is 8.66. The minimum Gasteiger partial charge on any atom is -0.298 e. The third-order valence-corrected chi connectivity index (χ3v) is 2.11. The summed E-state index contributed by atoms with van der Waals surface area (Å²) in [4.78, 5) is 10.6. The molecule has 0 amide bonds. The Hall–Kier alpha value is -1.62. The zero-order valence-electron chi connectivity index (χ0n) is 8.66. The summed E-state index contributed by atoms with van der Waals surface area (Å²) in [6.07, 6.45) is 0.802. The number of carbonyl (C=O) groups excluding carboxylic acids is 1. The molecule has 0 aliphatic heterocycles. The lowest BCUT2D eigenvalue weighted by Gasteiger charge is -2.20. The van der Waals surface area contributed by atoms with E-state index in [2.05, 4.69) is 6.07 Å². The van der Waals surface area contributed by atoms with Crippen molar-refractivity contribution in [2.45, 2.75) is 26.2 Å². The van der Waals surface area contributed by atoms with Gasteiger partial charge in [0.2, 0.25) is 0 Å². The first kappa shape index (κ1) is 10.5. The van der Waals surface area contributed by atoms with Gasteiger partial charge >= 0.3 is 0 Å². The molecule has 1 aromatic rings. The molecule has 0 unspecified atom stereocenters. The zero-order chi connectivity index (χ0) is 10.8. The van der Waals surface area contributed by atoms with Crippen LogP contribution in [0.1, 0.15) is 42.3 Å². The highest BCUT2D eigenvalue weighted by Gasteiger charge is 2.18. The van der Waals surface area contributed by atoms with Crippen LogP contribution in [0.15, 0.2) is 18.2 Å². The predicted octanol–water partition coefficient (Wildman–Crippen LogP) is 2.67. The number of aldehydes is 1. The van der Waals surface area contributed by atoms with Gasteiger partial charge in [0, 0.05) is 5.56 Å². The predicted molar refractivity (Wildman–Crippen MR) is 55.2 cm³/mol. The van der Waals surface area contributed by atoms with Gasteiger partial charge < -0.3 is 0 Å². The van der Waals surface area contributed by atoms with Crippen LogP contribution < -0.4 is 0 Å². The lowest BCUT2D eigenvalue weighted by atomic mass is 9.83. The van der Waals surface area contributed by atoms with E-state index < -0.39 is 0 Å². The molecule has 0 spiro atoms. The maximum absolute atomic E-state index is 10.6. The van der Waals surface area contributed by atoms with E-state index in [4.69, 9.17) is 5.26 Å². The number of benzene rings is 1. The second-order valence-electron chi connectivity index (χ2n) is 4.28. The summed E-state index contributed by atoms with van der Waals surface area (Å²) in [5.74, 6) is 0. The van der Waals surface area contributed by atoms with E-state index in [1.807, 2.05) is 20.8 Å². The normalized spacial score (nSPS) is 10.7. The lowest BCUT2D eigenvalue weighted by molar-refractivity contribution is 0.112. The summed E-state index contributed by atoms with van der Waals surface area (Å²) in [5, 5.41) is 8.91. The molecule has 2 nitrogen and oxygen atoms in total. The van der Waals surface area contributed by atoms with E-state index >= 15 is 0 Å². The Morgan fingerprint density at radius 2 is 2.00 bits per heavy atom. The summed E-state index contributed by atoms with van der Waals surface area (Å²) >= 11 is 0. The summed E-state index contributed by atoms with van der Waals surface area (Å²) < 4.78 is 0. The average Bonchev–Trinajstić information content (AvgIpc) is 2.15. The van der Waals surface area contributed by atoms with Crippen LogP contribution in [0, 0.1) is 11.3 Å². The second kappa shape index (κ2) is 3.63. The van der Waals surface area contributed by atoms with E-state index in [0.29, 0.717) is 11.1 Å². The van der Waals surface area contributed by atoms with E-state index in [-0.39, 0.29) is 5.41 Å². The summed E-state index contributed by atoms with van der Waals surface area (Å²) in [6, 6.07) is 7.29. The molecule has 0 heterocycles. The van der Waals surface area contributed by atoms with Crippen molar-refractivity contribution >= 4 is 6.29 Å². The highest BCUT2D eigenvalue weighted by Crippen LogP contribution is 2.26. The Kier molecular flexibility index (Phi) is 2.71. The van der Waals surface area contributed by atoms with Crippen LogP contribution >= 0.6 is 0 Å². The standard InChI is InChI=1S/C12H13NO/c1-12(2,3)11-6-9(8-14)4-5-10(11)7-13/h4-6,8H,1-3H3. The number of nitriles is 1. The maximum Gasteiger partial charge on any atom is 0.150 e. The largest absolute Gasteiger partial charge is 0.298 e. The molecule has 0 aromatic heterocycles. The molecule has 0 fully saturated rings. The first-order valence-corrected chi connectivity index (χ1v) is 4.49. The van der Waals surface area contributed by atoms with E-state index in [1.165, 1.54) is 0 Å². The van der Waals surface area contributed by atoms with Crippen LogP contribution in [0.25, 0.3) is 0 Å². The van der Waals surface area contributed by atoms with Crippen molar-refractivity contribution in [1.29, 1.82) is 5.26 Å². The van der Waals surface area contributed by atoms with Crippen molar-refractivity contribution in [1.82, 2.24) is 0 Å². The van der Waals surface area contributed by atoms with Crippen LogP contribution in [0.3, 0.4) is 0 Å². The first-order chi connectivity index (χ1) is 6.49. The maximum atomic E-state index is 10.6. The Labute approximate surface area is 84.2 Å². The fourth-order valence-electron chi connectivity index (χ4n) is 1.35. The molecule has 72 valence electrons. The molecule has 2 heteroatoms. The smallest absolute Gasteiger partial charge is 0.150 e. The minimum atomic E-state index is -0.107. The van der Waals surface area contributed by atoms with Gasteiger partial charge in [0.1, 0.15) is 6.29 Å². The summed E-state index contributed by atoms with van der Waals surface area (Å²) in [7, 11) is 0. The number of rotatable bonds is 1. The quantitative estimate of drug-likeness (QED) is 0.634. The Balaban J connectivity index is 3.38. The molecule has 0 bridgehead atoms. The van der Waals surface area contributed by atoms with Crippen LogP contribution in [-0.2, 0) is 5.41 Å². The fourth-order valence-corrected chi connectivity index (χ4v) is 1.35. The topological polar surface area (TPSA) is 40.9 Å². The van der Waals surface area contributed by atoms with Gasteiger partial charge in [-0.25, -0.2) is 0 Å². The average molecular weight is 187 g/mol. The molecular weight excluding hydrogens is 174 g/mol. The number of carbonyl (C=O) groups is 1. The monoisotopic (exact) mass is 187 g/mol. The molecule has 0 N–H and O–H groups in total. The van der Waals surface area contributed by atoms with Crippen molar-refractivity contribution < 1.29 is 4.79 Å². The van der Waals surface area contributed by atoms with E-state index in [0.717, 1.165) is 11.8 Å². The van der Waals surface area contributed by atoms with Gasteiger partial charge in [-0.05, 0) is 23.1 Å². The molecule has 0 saturated carbocycles. The number of nitrogens with zero attached hydrogens (tertiary/aromatic N) is 1. The summed E-state index contributed by atoms with van der Waals surface area (Å²) in [5.41, 5.74) is 2.08. The minimum absolute atomic E-state index is 0.107. The Bertz CT molecular complexity index is 394. The summed E-state index contributed by atoms with van der Waals surface area (Å²) in [6.45, 7) is 6.08. The van der Waals surface area contributed by atoms with Gasteiger partial charge in [-0.1, -0.05) is 26.8 Å². The highest BCUT2D eigenvalue weighted by atomic mass is 16.1. The lowest BCUT2D eigenvalue weighted by Crippen LogP contribution is -2.13. The van der Waals surface area contributed by atoms with Gasteiger partial charge in [0.25, 0.3) is 0 Å². The van der Waals surface area contributed by atoms with Gasteiger partial charge in [0.15, 0.2) is 0 Å². The van der Waals surface area contributed by atoms with E-state index in [9.17, 15) is 4.79 Å². The number of hydrogen-bond donors (Lipinski definition) is 0. The molecule has 0 saturated heterocycles. The van der Waals surface area contributed by atoms with Crippen LogP contribution in [0.5, 0.6) is 0 Å². The van der Waals surface area contributed by atoms with Crippen molar-refractivity contribution in [3.8, 4) is 6.07 Å². The van der Waals surface area contributed by atoms with Crippen molar-refractivity contribution in [3.05, 3.63) is 34.9 Å². The molecular formula is C12H13NO. The molecule has 1 aromatic carbocycles. The molecule has 0 radical (unpaired) electrons. The van der Waals surface area contributed by atoms with Crippen molar-refractivity contribution in [2.75, 3.05) is 0 Å². The fraction of sp³-hybridized carbons (Fsp3) is 0.333. The third-order valence-electron chi connectivity index (χ3n) is 2.11. The molecule has 1 rings (SSSR count). The van der Waals surface area contributed by atoms with Crippen molar-refractivity contribution in [3.63, 3.8) is 0 Å². The van der Waals surface area contributed by atoms with Crippen molar-refractivity contribution in [2.24, 2.45) is 0 Å². The van der Waals surface area contributed by atoms with Gasteiger partial charge in [-0.2, -0.15) is 5.26 Å². The van der Waals surface area contributed by atoms with Gasteiger partial charge in [0.05, 0.1) is 11.6 Å².